The minimum absolute atomic E-state index is 0.0801. The van der Waals surface area contributed by atoms with Gasteiger partial charge in [-0.2, -0.15) is 0 Å². The molecule has 0 spiro atoms. The van der Waals surface area contributed by atoms with Crippen LogP contribution in [0, 0.1) is 0 Å². The Morgan fingerprint density at radius 3 is 1.88 bits per heavy atom. The molecule has 4 rings (SSSR count). The maximum Gasteiger partial charge on any atom is 0.333 e. The summed E-state index contributed by atoms with van der Waals surface area (Å²) < 4.78 is 4.49. The number of hydrogen-bond donors (Lipinski definition) is 0. The number of carbonyl (C=O) groups excluding carboxylic acids is 4. The van der Waals surface area contributed by atoms with Crippen LogP contribution in [0.2, 0.25) is 0 Å². The number of nitrogens with zero attached hydrogens (tertiary/aromatic N) is 1. The van der Waals surface area contributed by atoms with Gasteiger partial charge in [0.15, 0.2) is 11.6 Å². The minimum Gasteiger partial charge on any atom is -0.390 e. The van der Waals surface area contributed by atoms with Gasteiger partial charge in [0.05, 0.1) is 0 Å². The smallest absolute Gasteiger partial charge is 0.333 e. The Morgan fingerprint density at radius 2 is 1.25 bits per heavy atom. The quantitative estimate of drug-likeness (QED) is 0.497. The molecule has 2 aromatic carbocycles. The molecule has 0 aromatic heterocycles. The van der Waals surface area contributed by atoms with Crippen molar-refractivity contribution in [3.05, 3.63) is 64.7 Å². The highest BCUT2D eigenvalue weighted by atomic mass is 16.6. The van der Waals surface area contributed by atoms with Crippen molar-refractivity contribution in [1.82, 2.24) is 0 Å². The van der Waals surface area contributed by atoms with E-state index in [1.807, 2.05) is 0 Å². The van der Waals surface area contributed by atoms with E-state index in [0.717, 1.165) is 0 Å². The van der Waals surface area contributed by atoms with E-state index in [1.54, 1.807) is 42.5 Å². The van der Waals surface area contributed by atoms with Crippen LogP contribution in [0.4, 0.5) is 5.69 Å². The molecule has 1 aliphatic carbocycles. The largest absolute Gasteiger partial charge is 0.390 e. The monoisotopic (exact) mass is 321 g/mol. The summed E-state index contributed by atoms with van der Waals surface area (Å²) in [6.07, 6.45) is 0. The summed E-state index contributed by atoms with van der Waals surface area (Å²) in [4.78, 5) is 49.6. The second-order valence-electron chi connectivity index (χ2n) is 5.64. The molecule has 118 valence electrons. The molecule has 0 amide bonds. The molecule has 0 atom stereocenters. The number of fused-ring (bicyclic) bond motifs is 2. The first-order valence-electron chi connectivity index (χ1n) is 7.35. The zero-order valence-electron chi connectivity index (χ0n) is 12.4. The second-order valence-corrected chi connectivity index (χ2v) is 5.64. The molecule has 2 aliphatic rings. The van der Waals surface area contributed by atoms with Gasteiger partial charge in [-0.25, -0.2) is 9.59 Å². The third-order valence-electron chi connectivity index (χ3n) is 4.14. The highest BCUT2D eigenvalue weighted by Gasteiger charge is 2.31. The normalized spacial score (nSPS) is 16.6. The van der Waals surface area contributed by atoms with Gasteiger partial charge in [-0.3, -0.25) is 9.59 Å². The number of ether oxygens (including phenoxy) is 1. The first kappa shape index (κ1) is 14.3. The Kier molecular flexibility index (Phi) is 3.06. The highest BCUT2D eigenvalue weighted by molar-refractivity contribution is 6.28. The summed E-state index contributed by atoms with van der Waals surface area (Å²) in [5.41, 5.74) is 1.89. The third kappa shape index (κ3) is 2.11. The van der Waals surface area contributed by atoms with Crippen molar-refractivity contribution in [3.63, 3.8) is 0 Å². The Morgan fingerprint density at radius 1 is 0.708 bits per heavy atom. The van der Waals surface area contributed by atoms with Gasteiger partial charge in [-0.15, -0.1) is 0 Å². The van der Waals surface area contributed by atoms with E-state index in [1.165, 1.54) is 4.90 Å². The first-order valence-corrected chi connectivity index (χ1v) is 7.35. The Bertz CT molecular complexity index is 915. The van der Waals surface area contributed by atoms with Gasteiger partial charge < -0.3 is 9.64 Å². The lowest BCUT2D eigenvalue weighted by atomic mass is 9.84. The van der Waals surface area contributed by atoms with E-state index < -0.39 is 11.9 Å². The molecule has 1 saturated heterocycles. The number of esters is 2. The number of cyclic esters (lactones) is 2. The number of carbonyl (C=O) groups is 4. The Labute approximate surface area is 136 Å². The van der Waals surface area contributed by atoms with Crippen molar-refractivity contribution in [2.45, 2.75) is 0 Å². The van der Waals surface area contributed by atoms with E-state index in [9.17, 15) is 19.2 Å². The third-order valence-corrected chi connectivity index (χ3v) is 4.14. The van der Waals surface area contributed by atoms with Crippen molar-refractivity contribution in [2.75, 3.05) is 18.0 Å². The Balaban J connectivity index is 1.78. The van der Waals surface area contributed by atoms with Gasteiger partial charge in [0, 0.05) is 27.9 Å². The molecular formula is C18H11NO5. The molecular weight excluding hydrogens is 310 g/mol. The van der Waals surface area contributed by atoms with Gasteiger partial charge in [-0.1, -0.05) is 24.3 Å². The lowest BCUT2D eigenvalue weighted by Crippen LogP contribution is -2.43. The molecule has 1 heterocycles. The van der Waals surface area contributed by atoms with Crippen LogP contribution < -0.4 is 4.90 Å². The fourth-order valence-electron chi connectivity index (χ4n) is 3.03. The van der Waals surface area contributed by atoms with Crippen LogP contribution in [0.5, 0.6) is 0 Å². The van der Waals surface area contributed by atoms with Crippen LogP contribution in [0.15, 0.2) is 42.5 Å². The van der Waals surface area contributed by atoms with E-state index in [2.05, 4.69) is 4.74 Å². The average Bonchev–Trinajstić information content (AvgIpc) is 2.58. The number of rotatable bonds is 1. The topological polar surface area (TPSA) is 80.8 Å². The summed E-state index contributed by atoms with van der Waals surface area (Å²) >= 11 is 0. The molecule has 2 aromatic rings. The van der Waals surface area contributed by atoms with E-state index in [0.29, 0.717) is 22.4 Å². The van der Waals surface area contributed by atoms with Crippen molar-refractivity contribution in [3.8, 4) is 0 Å². The summed E-state index contributed by atoms with van der Waals surface area (Å²) in [6, 6.07) is 11.4. The van der Waals surface area contributed by atoms with Crippen LogP contribution in [0.1, 0.15) is 31.8 Å². The standard InChI is InChI=1S/C18H11NO5/c20-15-8-19(9-16(21)24-15)10-5-6-13-14(7-10)18(23)12-4-2-1-3-11(12)17(13)22/h1-7H,8-9H2. The SMILES string of the molecule is O=C1CN(c2ccc3c(c2)C(=O)c2ccccc2C3=O)CC(=O)O1. The lowest BCUT2D eigenvalue weighted by molar-refractivity contribution is -0.160. The van der Waals surface area contributed by atoms with Crippen molar-refractivity contribution in [1.29, 1.82) is 0 Å². The molecule has 1 fully saturated rings. The fourth-order valence-corrected chi connectivity index (χ4v) is 3.03. The molecule has 24 heavy (non-hydrogen) atoms. The molecule has 6 nitrogen and oxygen atoms in total. The number of ketones is 2. The van der Waals surface area contributed by atoms with Gasteiger partial charge >= 0.3 is 11.9 Å². The average molecular weight is 321 g/mol. The van der Waals surface area contributed by atoms with Gasteiger partial charge in [0.2, 0.25) is 0 Å². The number of morpholine rings is 1. The van der Waals surface area contributed by atoms with Crippen LogP contribution >= 0.6 is 0 Å². The van der Waals surface area contributed by atoms with E-state index >= 15 is 0 Å². The summed E-state index contributed by atoms with van der Waals surface area (Å²) in [5, 5.41) is 0. The highest BCUT2D eigenvalue weighted by Crippen LogP contribution is 2.30. The lowest BCUT2D eigenvalue weighted by Gasteiger charge is -2.27. The van der Waals surface area contributed by atoms with Crippen molar-refractivity contribution < 1.29 is 23.9 Å². The van der Waals surface area contributed by atoms with Crippen LogP contribution in [0.25, 0.3) is 0 Å². The predicted molar refractivity (Wildman–Crippen MR) is 83.1 cm³/mol. The maximum atomic E-state index is 12.7. The summed E-state index contributed by atoms with van der Waals surface area (Å²) in [5.74, 6) is -1.73. The van der Waals surface area contributed by atoms with Crippen LogP contribution in [-0.4, -0.2) is 36.6 Å². The first-order chi connectivity index (χ1) is 11.5. The molecule has 6 heteroatoms. The molecule has 0 saturated carbocycles. The van der Waals surface area contributed by atoms with Gasteiger partial charge in [0.1, 0.15) is 13.1 Å². The summed E-state index contributed by atoms with van der Waals surface area (Å²) in [7, 11) is 0. The van der Waals surface area contributed by atoms with Gasteiger partial charge in [0.25, 0.3) is 0 Å². The number of hydrogen-bond acceptors (Lipinski definition) is 6. The zero-order chi connectivity index (χ0) is 16.8. The van der Waals surface area contributed by atoms with Crippen molar-refractivity contribution in [2.24, 2.45) is 0 Å². The molecule has 0 N–H and O–H groups in total. The van der Waals surface area contributed by atoms with Crippen LogP contribution in [0.3, 0.4) is 0 Å². The molecule has 0 unspecified atom stereocenters. The number of benzene rings is 2. The molecule has 0 bridgehead atoms. The predicted octanol–water partition coefficient (Wildman–Crippen LogP) is 1.35. The molecule has 0 radical (unpaired) electrons. The fraction of sp³-hybridized carbons (Fsp3) is 0.111. The van der Waals surface area contributed by atoms with Crippen molar-refractivity contribution >= 4 is 29.2 Å². The van der Waals surface area contributed by atoms with E-state index in [-0.39, 0.29) is 30.2 Å². The Hall–Kier alpha value is -3.28. The second kappa shape index (κ2) is 5.13. The van der Waals surface area contributed by atoms with Crippen LogP contribution in [-0.2, 0) is 14.3 Å². The number of anilines is 1. The maximum absolute atomic E-state index is 12.7. The molecule has 1 aliphatic heterocycles. The minimum atomic E-state index is -0.642. The zero-order valence-corrected chi connectivity index (χ0v) is 12.4. The van der Waals surface area contributed by atoms with E-state index in [4.69, 9.17) is 0 Å². The van der Waals surface area contributed by atoms with Gasteiger partial charge in [-0.05, 0) is 18.2 Å². The summed E-state index contributed by atoms with van der Waals surface area (Å²) in [6.45, 7) is -0.160.